The van der Waals surface area contributed by atoms with E-state index in [1.54, 1.807) is 0 Å². The first kappa shape index (κ1) is 13.9. The van der Waals surface area contributed by atoms with Crippen molar-refractivity contribution in [2.45, 2.75) is 12.5 Å². The van der Waals surface area contributed by atoms with E-state index >= 15 is 0 Å². The van der Waals surface area contributed by atoms with Crippen molar-refractivity contribution in [3.63, 3.8) is 0 Å². The van der Waals surface area contributed by atoms with E-state index in [-0.39, 0.29) is 6.04 Å². The first-order chi connectivity index (χ1) is 9.69. The number of nitrogens with one attached hydrogen (secondary N) is 1. The van der Waals surface area contributed by atoms with Crippen LogP contribution in [0.3, 0.4) is 0 Å². The standard InChI is InChI=1S/C15H14BrClN2O/c16-11-2-3-13(17)12(8-11)15(19-18)10-1-4-14-9(7-10)5-6-20-14/h1-4,7-8,15,19H,5-6,18H2. The molecule has 104 valence electrons. The molecule has 0 bridgehead atoms. The highest BCUT2D eigenvalue weighted by atomic mass is 79.9. The van der Waals surface area contributed by atoms with Crippen molar-refractivity contribution in [2.24, 2.45) is 5.84 Å². The summed E-state index contributed by atoms with van der Waals surface area (Å²) < 4.78 is 6.50. The van der Waals surface area contributed by atoms with Gasteiger partial charge in [-0.25, -0.2) is 5.43 Å². The molecule has 0 fully saturated rings. The van der Waals surface area contributed by atoms with E-state index in [0.29, 0.717) is 5.02 Å². The average Bonchev–Trinajstić information content (AvgIpc) is 2.91. The Morgan fingerprint density at radius 3 is 2.90 bits per heavy atom. The molecular weight excluding hydrogens is 340 g/mol. The zero-order valence-corrected chi connectivity index (χ0v) is 13.0. The maximum Gasteiger partial charge on any atom is 0.122 e. The maximum absolute atomic E-state index is 6.30. The van der Waals surface area contributed by atoms with Gasteiger partial charge in [-0.05, 0) is 41.0 Å². The Bertz CT molecular complexity index is 648. The third kappa shape index (κ3) is 2.56. The third-order valence-corrected chi connectivity index (χ3v) is 4.32. The number of hydrogen-bond donors (Lipinski definition) is 2. The monoisotopic (exact) mass is 352 g/mol. The summed E-state index contributed by atoms with van der Waals surface area (Å²) in [4.78, 5) is 0. The highest BCUT2D eigenvalue weighted by Gasteiger charge is 2.19. The average molecular weight is 354 g/mol. The van der Waals surface area contributed by atoms with Crippen molar-refractivity contribution in [2.75, 3.05) is 6.61 Å². The molecule has 5 heteroatoms. The van der Waals surface area contributed by atoms with Crippen molar-refractivity contribution < 1.29 is 4.74 Å². The van der Waals surface area contributed by atoms with Crippen LogP contribution in [0.2, 0.25) is 5.02 Å². The number of fused-ring (bicyclic) bond motifs is 1. The number of nitrogens with two attached hydrogens (primary N) is 1. The van der Waals surface area contributed by atoms with Gasteiger partial charge in [0.25, 0.3) is 0 Å². The van der Waals surface area contributed by atoms with E-state index in [0.717, 1.165) is 34.4 Å². The molecule has 0 aromatic heterocycles. The molecule has 3 rings (SSSR count). The minimum absolute atomic E-state index is 0.147. The molecule has 2 aromatic rings. The van der Waals surface area contributed by atoms with Gasteiger partial charge in [0, 0.05) is 15.9 Å². The normalized spacial score (nSPS) is 14.8. The summed E-state index contributed by atoms with van der Waals surface area (Å²) in [5, 5.41) is 0.688. The van der Waals surface area contributed by atoms with Gasteiger partial charge in [-0.15, -0.1) is 0 Å². The number of rotatable bonds is 3. The van der Waals surface area contributed by atoms with Crippen LogP contribution in [0.5, 0.6) is 5.75 Å². The summed E-state index contributed by atoms with van der Waals surface area (Å²) in [5.74, 6) is 6.71. The lowest BCUT2D eigenvalue weighted by atomic mass is 9.97. The number of hydrogen-bond acceptors (Lipinski definition) is 3. The summed E-state index contributed by atoms with van der Waals surface area (Å²) >= 11 is 9.76. The fraction of sp³-hybridized carbons (Fsp3) is 0.200. The first-order valence-electron chi connectivity index (χ1n) is 6.36. The Kier molecular flexibility index (Phi) is 3.98. The molecule has 0 radical (unpaired) electrons. The van der Waals surface area contributed by atoms with Crippen LogP contribution in [-0.4, -0.2) is 6.61 Å². The van der Waals surface area contributed by atoms with Crippen molar-refractivity contribution in [3.8, 4) is 5.75 Å². The second-order valence-electron chi connectivity index (χ2n) is 4.73. The highest BCUT2D eigenvalue weighted by molar-refractivity contribution is 9.10. The summed E-state index contributed by atoms with van der Waals surface area (Å²) in [6, 6.07) is 11.8. The van der Waals surface area contributed by atoms with E-state index in [2.05, 4.69) is 27.4 Å². The Morgan fingerprint density at radius 1 is 1.25 bits per heavy atom. The van der Waals surface area contributed by atoms with Gasteiger partial charge >= 0.3 is 0 Å². The second-order valence-corrected chi connectivity index (χ2v) is 6.05. The smallest absolute Gasteiger partial charge is 0.122 e. The van der Waals surface area contributed by atoms with E-state index in [9.17, 15) is 0 Å². The van der Waals surface area contributed by atoms with Crippen molar-refractivity contribution in [1.82, 2.24) is 5.43 Å². The van der Waals surface area contributed by atoms with E-state index in [1.807, 2.05) is 30.3 Å². The molecule has 1 atom stereocenters. The minimum Gasteiger partial charge on any atom is -0.493 e. The van der Waals surface area contributed by atoms with Gasteiger partial charge in [-0.3, -0.25) is 5.84 Å². The molecule has 2 aromatic carbocycles. The highest BCUT2D eigenvalue weighted by Crippen LogP contribution is 2.33. The summed E-state index contributed by atoms with van der Waals surface area (Å²) in [6.45, 7) is 0.747. The quantitative estimate of drug-likeness (QED) is 0.655. The molecule has 3 N–H and O–H groups in total. The summed E-state index contributed by atoms with van der Waals surface area (Å²) in [6.07, 6.45) is 0.937. The summed E-state index contributed by atoms with van der Waals surface area (Å²) in [5.41, 5.74) is 6.09. The van der Waals surface area contributed by atoms with Gasteiger partial charge in [0.15, 0.2) is 0 Å². The van der Waals surface area contributed by atoms with Gasteiger partial charge in [0.2, 0.25) is 0 Å². The van der Waals surface area contributed by atoms with Gasteiger partial charge < -0.3 is 4.74 Å². The van der Waals surface area contributed by atoms with Crippen LogP contribution >= 0.6 is 27.5 Å². The molecular formula is C15H14BrClN2O. The number of benzene rings is 2. The molecule has 3 nitrogen and oxygen atoms in total. The van der Waals surface area contributed by atoms with Crippen LogP contribution in [0.1, 0.15) is 22.7 Å². The number of ether oxygens (including phenoxy) is 1. The van der Waals surface area contributed by atoms with E-state index in [4.69, 9.17) is 22.2 Å². The van der Waals surface area contributed by atoms with Crippen molar-refractivity contribution in [1.29, 1.82) is 0 Å². The Hall–Kier alpha value is -1.07. The molecule has 1 heterocycles. The van der Waals surface area contributed by atoms with Gasteiger partial charge in [-0.2, -0.15) is 0 Å². The molecule has 0 aliphatic carbocycles. The fourth-order valence-electron chi connectivity index (χ4n) is 2.49. The lowest BCUT2D eigenvalue weighted by Crippen LogP contribution is -2.29. The minimum atomic E-state index is -0.147. The first-order valence-corrected chi connectivity index (χ1v) is 7.53. The van der Waals surface area contributed by atoms with Crippen molar-refractivity contribution >= 4 is 27.5 Å². The molecule has 0 saturated heterocycles. The van der Waals surface area contributed by atoms with Gasteiger partial charge in [0.05, 0.1) is 12.6 Å². The third-order valence-electron chi connectivity index (χ3n) is 3.48. The van der Waals surface area contributed by atoms with Crippen molar-refractivity contribution in [3.05, 3.63) is 62.6 Å². The van der Waals surface area contributed by atoms with Crippen LogP contribution in [0.15, 0.2) is 40.9 Å². The zero-order valence-electron chi connectivity index (χ0n) is 10.7. The predicted molar refractivity (Wildman–Crippen MR) is 84.0 cm³/mol. The Labute approximate surface area is 131 Å². The van der Waals surface area contributed by atoms with Crippen LogP contribution in [0.4, 0.5) is 0 Å². The second kappa shape index (κ2) is 5.74. The Balaban J connectivity index is 2.03. The number of hydrazine groups is 1. The topological polar surface area (TPSA) is 47.3 Å². The zero-order chi connectivity index (χ0) is 14.1. The van der Waals surface area contributed by atoms with Crippen LogP contribution in [0.25, 0.3) is 0 Å². The predicted octanol–water partition coefficient (Wildman–Crippen LogP) is 3.59. The van der Waals surface area contributed by atoms with Gasteiger partial charge in [0.1, 0.15) is 5.75 Å². The molecule has 20 heavy (non-hydrogen) atoms. The molecule has 1 aliphatic heterocycles. The maximum atomic E-state index is 6.30. The Morgan fingerprint density at radius 2 is 2.10 bits per heavy atom. The molecule has 0 saturated carbocycles. The molecule has 1 aliphatic rings. The van der Waals surface area contributed by atoms with E-state index < -0.39 is 0 Å². The lowest BCUT2D eigenvalue weighted by Gasteiger charge is -2.19. The van der Waals surface area contributed by atoms with Crippen LogP contribution in [-0.2, 0) is 6.42 Å². The molecule has 0 spiro atoms. The molecule has 0 amide bonds. The lowest BCUT2D eigenvalue weighted by molar-refractivity contribution is 0.357. The largest absolute Gasteiger partial charge is 0.493 e. The van der Waals surface area contributed by atoms with Crippen LogP contribution in [0, 0.1) is 0 Å². The van der Waals surface area contributed by atoms with E-state index in [1.165, 1.54) is 5.56 Å². The molecule has 1 unspecified atom stereocenters. The van der Waals surface area contributed by atoms with Crippen LogP contribution < -0.4 is 16.0 Å². The summed E-state index contributed by atoms with van der Waals surface area (Å²) in [7, 11) is 0. The number of halogens is 2. The SMILES string of the molecule is NNC(c1ccc2c(c1)CCO2)c1cc(Br)ccc1Cl. The van der Waals surface area contributed by atoms with Gasteiger partial charge in [-0.1, -0.05) is 39.7 Å². The fourth-order valence-corrected chi connectivity index (χ4v) is 3.09.